The van der Waals surface area contributed by atoms with Crippen molar-refractivity contribution in [3.63, 3.8) is 0 Å². The number of hydrogen-bond donors (Lipinski definition) is 1. The minimum Gasteiger partial charge on any atom is -0.508 e. The molecule has 0 fully saturated rings. The second-order valence-corrected chi connectivity index (χ2v) is 4.34. The molecule has 0 saturated carbocycles. The number of phenolic OH excluding ortho intramolecular Hbond substituents is 1. The van der Waals surface area contributed by atoms with Gasteiger partial charge < -0.3 is 10.0 Å². The Morgan fingerprint density at radius 2 is 1.79 bits per heavy atom. The molecule has 0 unspecified atom stereocenters. The highest BCUT2D eigenvalue weighted by Gasteiger charge is 2.14. The third-order valence-corrected chi connectivity index (χ3v) is 2.96. The molecule has 1 amide bonds. The fourth-order valence-corrected chi connectivity index (χ4v) is 1.71. The SMILES string of the molecule is Cc1ccc(C(=O)N(C)c2ccc(O)cc2)cc1F. The number of carbonyl (C=O) groups excluding carboxylic acids is 1. The summed E-state index contributed by atoms with van der Waals surface area (Å²) < 4.78 is 13.5. The molecule has 0 aliphatic rings. The highest BCUT2D eigenvalue weighted by Crippen LogP contribution is 2.19. The maximum absolute atomic E-state index is 13.5. The topological polar surface area (TPSA) is 40.5 Å². The zero-order chi connectivity index (χ0) is 14.0. The van der Waals surface area contributed by atoms with E-state index in [1.54, 1.807) is 38.2 Å². The zero-order valence-electron chi connectivity index (χ0n) is 10.7. The second-order valence-electron chi connectivity index (χ2n) is 4.34. The summed E-state index contributed by atoms with van der Waals surface area (Å²) in [5.41, 5.74) is 1.42. The van der Waals surface area contributed by atoms with Gasteiger partial charge in [0.15, 0.2) is 0 Å². The van der Waals surface area contributed by atoms with Crippen molar-refractivity contribution >= 4 is 11.6 Å². The summed E-state index contributed by atoms with van der Waals surface area (Å²) in [6.07, 6.45) is 0. The van der Waals surface area contributed by atoms with E-state index in [0.29, 0.717) is 16.8 Å². The molecule has 4 heteroatoms. The zero-order valence-corrected chi connectivity index (χ0v) is 10.7. The Morgan fingerprint density at radius 1 is 1.16 bits per heavy atom. The van der Waals surface area contributed by atoms with Gasteiger partial charge >= 0.3 is 0 Å². The molecular formula is C15H14FNO2. The first-order valence-corrected chi connectivity index (χ1v) is 5.82. The molecule has 0 aromatic heterocycles. The molecule has 0 heterocycles. The van der Waals surface area contributed by atoms with Gasteiger partial charge in [0.05, 0.1) is 0 Å². The lowest BCUT2D eigenvalue weighted by Crippen LogP contribution is -2.26. The number of nitrogens with zero attached hydrogens (tertiary/aromatic N) is 1. The maximum Gasteiger partial charge on any atom is 0.258 e. The van der Waals surface area contributed by atoms with E-state index < -0.39 is 5.82 Å². The van der Waals surface area contributed by atoms with Crippen LogP contribution in [0.5, 0.6) is 5.75 Å². The van der Waals surface area contributed by atoms with Gasteiger partial charge in [-0.2, -0.15) is 0 Å². The van der Waals surface area contributed by atoms with Crippen LogP contribution in [0, 0.1) is 12.7 Å². The number of aromatic hydroxyl groups is 1. The molecule has 0 saturated heterocycles. The van der Waals surface area contributed by atoms with Crippen molar-refractivity contribution in [3.05, 3.63) is 59.4 Å². The Morgan fingerprint density at radius 3 is 2.37 bits per heavy atom. The van der Waals surface area contributed by atoms with Crippen molar-refractivity contribution in [2.24, 2.45) is 0 Å². The number of phenols is 1. The molecule has 19 heavy (non-hydrogen) atoms. The first kappa shape index (κ1) is 13.1. The van der Waals surface area contributed by atoms with Crippen molar-refractivity contribution < 1.29 is 14.3 Å². The quantitative estimate of drug-likeness (QED) is 0.900. The Labute approximate surface area is 110 Å². The molecule has 0 aliphatic carbocycles. The number of amides is 1. The van der Waals surface area contributed by atoms with Gasteiger partial charge in [0.1, 0.15) is 11.6 Å². The van der Waals surface area contributed by atoms with E-state index >= 15 is 0 Å². The lowest BCUT2D eigenvalue weighted by molar-refractivity contribution is 0.0992. The highest BCUT2D eigenvalue weighted by molar-refractivity contribution is 6.05. The fourth-order valence-electron chi connectivity index (χ4n) is 1.71. The Kier molecular flexibility index (Phi) is 3.51. The lowest BCUT2D eigenvalue weighted by atomic mass is 10.1. The highest BCUT2D eigenvalue weighted by atomic mass is 19.1. The molecule has 2 rings (SSSR count). The predicted octanol–water partition coefficient (Wildman–Crippen LogP) is 3.12. The number of carbonyl (C=O) groups is 1. The molecule has 0 spiro atoms. The Balaban J connectivity index is 2.28. The fraction of sp³-hybridized carbons (Fsp3) is 0.133. The van der Waals surface area contributed by atoms with E-state index in [1.165, 1.54) is 23.1 Å². The number of aryl methyl sites for hydroxylation is 1. The first-order chi connectivity index (χ1) is 8.99. The summed E-state index contributed by atoms with van der Waals surface area (Å²) in [5, 5.41) is 9.21. The summed E-state index contributed by atoms with van der Waals surface area (Å²) in [6, 6.07) is 10.6. The number of benzene rings is 2. The van der Waals surface area contributed by atoms with Gasteiger partial charge in [-0.15, -0.1) is 0 Å². The molecule has 0 atom stereocenters. The average Bonchev–Trinajstić information content (AvgIpc) is 2.41. The van der Waals surface area contributed by atoms with Gasteiger partial charge in [0, 0.05) is 18.3 Å². The third-order valence-electron chi connectivity index (χ3n) is 2.96. The van der Waals surface area contributed by atoms with Gasteiger partial charge in [0.2, 0.25) is 0 Å². The van der Waals surface area contributed by atoms with Crippen LogP contribution in [0.15, 0.2) is 42.5 Å². The summed E-state index contributed by atoms with van der Waals surface area (Å²) in [7, 11) is 1.60. The monoisotopic (exact) mass is 259 g/mol. The van der Waals surface area contributed by atoms with Gasteiger partial charge in [-0.1, -0.05) is 6.07 Å². The van der Waals surface area contributed by atoms with E-state index in [0.717, 1.165) is 0 Å². The maximum atomic E-state index is 13.5. The molecule has 1 N–H and O–H groups in total. The van der Waals surface area contributed by atoms with E-state index in [4.69, 9.17) is 0 Å². The molecule has 98 valence electrons. The van der Waals surface area contributed by atoms with E-state index in [-0.39, 0.29) is 11.7 Å². The van der Waals surface area contributed by atoms with Crippen molar-refractivity contribution in [2.45, 2.75) is 6.92 Å². The van der Waals surface area contributed by atoms with Crippen LogP contribution in [0.4, 0.5) is 10.1 Å². The van der Waals surface area contributed by atoms with Gasteiger partial charge in [-0.3, -0.25) is 4.79 Å². The van der Waals surface area contributed by atoms with Crippen LogP contribution in [0.1, 0.15) is 15.9 Å². The summed E-state index contributed by atoms with van der Waals surface area (Å²) in [4.78, 5) is 13.6. The first-order valence-electron chi connectivity index (χ1n) is 5.82. The number of hydrogen-bond acceptors (Lipinski definition) is 2. The van der Waals surface area contributed by atoms with E-state index in [1.807, 2.05) is 0 Å². The molecule has 2 aromatic carbocycles. The van der Waals surface area contributed by atoms with Crippen molar-refractivity contribution in [1.29, 1.82) is 0 Å². The molecule has 2 aromatic rings. The molecule has 0 bridgehead atoms. The van der Waals surface area contributed by atoms with Crippen molar-refractivity contribution in [1.82, 2.24) is 0 Å². The van der Waals surface area contributed by atoms with Gasteiger partial charge in [-0.05, 0) is 48.9 Å². The Hall–Kier alpha value is -2.36. The second kappa shape index (κ2) is 5.10. The molecular weight excluding hydrogens is 245 g/mol. The minimum absolute atomic E-state index is 0.131. The molecule has 0 aliphatic heterocycles. The van der Waals surface area contributed by atoms with Crippen LogP contribution in [0.25, 0.3) is 0 Å². The van der Waals surface area contributed by atoms with Crippen LogP contribution in [0.2, 0.25) is 0 Å². The summed E-state index contributed by atoms with van der Waals surface area (Å²) in [6.45, 7) is 1.65. The van der Waals surface area contributed by atoms with E-state index in [2.05, 4.69) is 0 Å². The van der Waals surface area contributed by atoms with Crippen LogP contribution in [-0.4, -0.2) is 18.1 Å². The summed E-state index contributed by atoms with van der Waals surface area (Å²) >= 11 is 0. The van der Waals surface area contributed by atoms with Crippen LogP contribution >= 0.6 is 0 Å². The van der Waals surface area contributed by atoms with E-state index in [9.17, 15) is 14.3 Å². The number of halogens is 1. The third kappa shape index (κ3) is 2.73. The van der Waals surface area contributed by atoms with Crippen LogP contribution < -0.4 is 4.90 Å². The number of anilines is 1. The van der Waals surface area contributed by atoms with Crippen molar-refractivity contribution in [2.75, 3.05) is 11.9 Å². The number of rotatable bonds is 2. The standard InChI is InChI=1S/C15H14FNO2/c1-10-3-4-11(9-14(10)16)15(19)17(2)12-5-7-13(18)8-6-12/h3-9,18H,1-2H3. The minimum atomic E-state index is -0.398. The van der Waals surface area contributed by atoms with Gasteiger partial charge in [-0.25, -0.2) is 4.39 Å². The predicted molar refractivity (Wildman–Crippen MR) is 72.0 cm³/mol. The lowest BCUT2D eigenvalue weighted by Gasteiger charge is -2.17. The van der Waals surface area contributed by atoms with Crippen LogP contribution in [0.3, 0.4) is 0 Å². The van der Waals surface area contributed by atoms with Crippen LogP contribution in [-0.2, 0) is 0 Å². The smallest absolute Gasteiger partial charge is 0.258 e. The normalized spacial score (nSPS) is 10.3. The summed E-state index contributed by atoms with van der Waals surface area (Å²) in [5.74, 6) is -0.569. The van der Waals surface area contributed by atoms with Gasteiger partial charge in [0.25, 0.3) is 5.91 Å². The average molecular weight is 259 g/mol. The molecule has 3 nitrogen and oxygen atoms in total. The van der Waals surface area contributed by atoms with Crippen molar-refractivity contribution in [3.8, 4) is 5.75 Å². The largest absolute Gasteiger partial charge is 0.508 e. The molecule has 0 radical (unpaired) electrons. The Bertz CT molecular complexity index is 608.